The summed E-state index contributed by atoms with van der Waals surface area (Å²) in [6, 6.07) is -0.452. The third-order valence-electron chi connectivity index (χ3n) is 1.81. The van der Waals surface area contributed by atoms with E-state index in [0.717, 1.165) is 6.42 Å². The van der Waals surface area contributed by atoms with Crippen LogP contribution in [-0.2, 0) is 14.4 Å². The maximum absolute atomic E-state index is 11.4. The standard InChI is InChI=1S/C9H16N2O3/c1-3-4-7(10-2)8(13)9(14)11-5-6-12/h6-7,10H,3-5H2,1-2H3,(H,11,14). The number of nitrogens with one attached hydrogen (secondary N) is 2. The van der Waals surface area contributed by atoms with Crippen molar-refractivity contribution in [2.45, 2.75) is 25.8 Å². The normalized spacial score (nSPS) is 11.9. The number of likely N-dealkylation sites (N-methyl/N-ethyl adjacent to an activating group) is 1. The van der Waals surface area contributed by atoms with Gasteiger partial charge >= 0.3 is 0 Å². The summed E-state index contributed by atoms with van der Waals surface area (Å²) in [4.78, 5) is 32.5. The minimum absolute atomic E-state index is 0.118. The van der Waals surface area contributed by atoms with Crippen molar-refractivity contribution < 1.29 is 14.4 Å². The lowest BCUT2D eigenvalue weighted by atomic mass is 10.1. The zero-order valence-electron chi connectivity index (χ0n) is 8.50. The maximum Gasteiger partial charge on any atom is 0.289 e. The van der Waals surface area contributed by atoms with Crippen LogP contribution in [0.2, 0.25) is 0 Å². The topological polar surface area (TPSA) is 75.3 Å². The highest BCUT2D eigenvalue weighted by Crippen LogP contribution is 1.97. The fraction of sp³-hybridized carbons (Fsp3) is 0.667. The van der Waals surface area contributed by atoms with Crippen molar-refractivity contribution in [3.05, 3.63) is 0 Å². The van der Waals surface area contributed by atoms with Gasteiger partial charge < -0.3 is 15.4 Å². The highest BCUT2D eigenvalue weighted by molar-refractivity contribution is 6.38. The van der Waals surface area contributed by atoms with Crippen LogP contribution in [0.4, 0.5) is 0 Å². The molecule has 1 unspecified atom stereocenters. The fourth-order valence-electron chi connectivity index (χ4n) is 1.07. The minimum atomic E-state index is -0.704. The summed E-state index contributed by atoms with van der Waals surface area (Å²) in [6.07, 6.45) is 1.97. The Kier molecular flexibility index (Phi) is 6.57. The Hall–Kier alpha value is -1.23. The van der Waals surface area contributed by atoms with Crippen molar-refractivity contribution >= 4 is 18.0 Å². The predicted molar refractivity (Wildman–Crippen MR) is 51.8 cm³/mol. The van der Waals surface area contributed by atoms with Gasteiger partial charge in [-0.2, -0.15) is 0 Å². The largest absolute Gasteiger partial charge is 0.343 e. The smallest absolute Gasteiger partial charge is 0.289 e. The summed E-state index contributed by atoms with van der Waals surface area (Å²) in [6.45, 7) is 1.81. The highest BCUT2D eigenvalue weighted by atomic mass is 16.2. The van der Waals surface area contributed by atoms with Crippen molar-refractivity contribution in [3.63, 3.8) is 0 Å². The van der Waals surface area contributed by atoms with Crippen LogP contribution in [0.25, 0.3) is 0 Å². The summed E-state index contributed by atoms with van der Waals surface area (Å²) < 4.78 is 0. The van der Waals surface area contributed by atoms with Gasteiger partial charge in [-0.25, -0.2) is 0 Å². The molecule has 0 heterocycles. The van der Waals surface area contributed by atoms with Crippen LogP contribution < -0.4 is 10.6 Å². The van der Waals surface area contributed by atoms with Crippen LogP contribution in [0.5, 0.6) is 0 Å². The molecule has 0 aliphatic heterocycles. The summed E-state index contributed by atoms with van der Waals surface area (Å²) in [5.41, 5.74) is 0. The van der Waals surface area contributed by atoms with E-state index in [-0.39, 0.29) is 6.54 Å². The molecule has 1 atom stereocenters. The summed E-state index contributed by atoms with van der Waals surface area (Å²) in [5, 5.41) is 4.97. The Morgan fingerprint density at radius 3 is 2.50 bits per heavy atom. The zero-order chi connectivity index (χ0) is 11.0. The lowest BCUT2D eigenvalue weighted by Crippen LogP contribution is -2.44. The molecule has 5 heteroatoms. The molecule has 0 aromatic rings. The van der Waals surface area contributed by atoms with E-state index in [2.05, 4.69) is 10.6 Å². The van der Waals surface area contributed by atoms with Crippen LogP contribution in [0.15, 0.2) is 0 Å². The van der Waals surface area contributed by atoms with Crippen molar-refractivity contribution in [2.24, 2.45) is 0 Å². The van der Waals surface area contributed by atoms with Gasteiger partial charge in [0.15, 0.2) is 0 Å². The first-order valence-corrected chi connectivity index (χ1v) is 4.60. The van der Waals surface area contributed by atoms with E-state index < -0.39 is 17.7 Å². The molecule has 2 N–H and O–H groups in total. The number of aldehydes is 1. The maximum atomic E-state index is 11.4. The molecule has 0 fully saturated rings. The monoisotopic (exact) mass is 200 g/mol. The number of carbonyl (C=O) groups excluding carboxylic acids is 3. The molecule has 0 aliphatic carbocycles. The Bertz CT molecular complexity index is 216. The van der Waals surface area contributed by atoms with Crippen molar-refractivity contribution in [3.8, 4) is 0 Å². The van der Waals surface area contributed by atoms with Gasteiger partial charge in [0, 0.05) is 0 Å². The van der Waals surface area contributed by atoms with E-state index >= 15 is 0 Å². The average Bonchev–Trinajstić information content (AvgIpc) is 2.21. The number of amides is 1. The predicted octanol–water partition coefficient (Wildman–Crippen LogP) is -0.741. The minimum Gasteiger partial charge on any atom is -0.343 e. The molecule has 5 nitrogen and oxygen atoms in total. The number of carbonyl (C=O) groups is 3. The first-order valence-electron chi connectivity index (χ1n) is 4.60. The lowest BCUT2D eigenvalue weighted by Gasteiger charge is -2.12. The van der Waals surface area contributed by atoms with Gasteiger partial charge in [0.05, 0.1) is 12.6 Å². The second-order valence-electron chi connectivity index (χ2n) is 2.87. The van der Waals surface area contributed by atoms with Crippen LogP contribution >= 0.6 is 0 Å². The molecule has 0 saturated heterocycles. The van der Waals surface area contributed by atoms with E-state index in [1.807, 2.05) is 6.92 Å². The Labute approximate surface area is 83.2 Å². The van der Waals surface area contributed by atoms with Crippen molar-refractivity contribution in [1.82, 2.24) is 10.6 Å². The Morgan fingerprint density at radius 2 is 2.07 bits per heavy atom. The van der Waals surface area contributed by atoms with Crippen LogP contribution in [0, 0.1) is 0 Å². The number of Topliss-reactive ketones (excluding diaryl/α,β-unsaturated/α-hetero) is 1. The van der Waals surface area contributed by atoms with Gasteiger partial charge in [0.1, 0.15) is 6.29 Å². The molecule has 0 aliphatic rings. The van der Waals surface area contributed by atoms with Gasteiger partial charge in [0.2, 0.25) is 5.78 Å². The van der Waals surface area contributed by atoms with E-state index in [4.69, 9.17) is 0 Å². The third-order valence-corrected chi connectivity index (χ3v) is 1.81. The summed E-state index contributed by atoms with van der Waals surface area (Å²) in [5.74, 6) is -1.22. The zero-order valence-corrected chi connectivity index (χ0v) is 8.50. The molecule has 80 valence electrons. The first-order chi connectivity index (χ1) is 6.67. The van der Waals surface area contributed by atoms with Gasteiger partial charge in [-0.05, 0) is 13.5 Å². The number of rotatable bonds is 7. The number of hydrogen-bond acceptors (Lipinski definition) is 4. The lowest BCUT2D eigenvalue weighted by molar-refractivity contribution is -0.139. The molecular weight excluding hydrogens is 184 g/mol. The van der Waals surface area contributed by atoms with E-state index in [1.165, 1.54) is 0 Å². The summed E-state index contributed by atoms with van der Waals surface area (Å²) in [7, 11) is 1.63. The molecule has 0 bridgehead atoms. The molecule has 0 aromatic carbocycles. The molecule has 0 radical (unpaired) electrons. The van der Waals surface area contributed by atoms with Gasteiger partial charge in [-0.15, -0.1) is 0 Å². The second-order valence-corrected chi connectivity index (χ2v) is 2.87. The summed E-state index contributed by atoms with van der Waals surface area (Å²) >= 11 is 0. The van der Waals surface area contributed by atoms with Crippen LogP contribution in [0.1, 0.15) is 19.8 Å². The van der Waals surface area contributed by atoms with Crippen LogP contribution in [0.3, 0.4) is 0 Å². The third kappa shape index (κ3) is 4.13. The molecule has 0 rings (SSSR count). The number of ketones is 1. The quantitative estimate of drug-likeness (QED) is 0.419. The molecule has 1 amide bonds. The fourth-order valence-corrected chi connectivity index (χ4v) is 1.07. The van der Waals surface area contributed by atoms with Gasteiger partial charge in [-0.3, -0.25) is 9.59 Å². The van der Waals surface area contributed by atoms with Crippen LogP contribution in [-0.4, -0.2) is 37.6 Å². The van der Waals surface area contributed by atoms with Gasteiger partial charge in [0.25, 0.3) is 5.91 Å². The molecule has 14 heavy (non-hydrogen) atoms. The van der Waals surface area contributed by atoms with E-state index in [1.54, 1.807) is 7.05 Å². The van der Waals surface area contributed by atoms with E-state index in [9.17, 15) is 14.4 Å². The SMILES string of the molecule is CCCC(NC)C(=O)C(=O)NCC=O. The van der Waals surface area contributed by atoms with E-state index in [0.29, 0.717) is 12.7 Å². The van der Waals surface area contributed by atoms with Crippen molar-refractivity contribution in [2.75, 3.05) is 13.6 Å². The molecule has 0 saturated carbocycles. The van der Waals surface area contributed by atoms with Crippen molar-refractivity contribution in [1.29, 1.82) is 0 Å². The first kappa shape index (κ1) is 12.8. The molecule has 0 aromatic heterocycles. The Morgan fingerprint density at radius 1 is 1.43 bits per heavy atom. The number of hydrogen-bond donors (Lipinski definition) is 2. The highest BCUT2D eigenvalue weighted by Gasteiger charge is 2.22. The molecule has 0 spiro atoms. The average molecular weight is 200 g/mol. The second kappa shape index (κ2) is 7.20. The van der Waals surface area contributed by atoms with Gasteiger partial charge in [-0.1, -0.05) is 13.3 Å². The Balaban J connectivity index is 4.12. The molecular formula is C9H16N2O3.